The van der Waals surface area contributed by atoms with Gasteiger partial charge in [0.05, 0.1) is 18.3 Å². The normalized spacial score (nSPS) is 31.0. The first-order valence-corrected chi connectivity index (χ1v) is 5.79. The zero-order valence-corrected chi connectivity index (χ0v) is 9.72. The van der Waals surface area contributed by atoms with Gasteiger partial charge in [-0.15, -0.1) is 0 Å². The van der Waals surface area contributed by atoms with Crippen LogP contribution in [0.1, 0.15) is 25.7 Å². The first-order chi connectivity index (χ1) is 7.72. The van der Waals surface area contributed by atoms with Crippen LogP contribution in [0.3, 0.4) is 0 Å². The Morgan fingerprint density at radius 1 is 1.38 bits per heavy atom. The fourth-order valence-electron chi connectivity index (χ4n) is 2.55. The highest BCUT2D eigenvalue weighted by molar-refractivity contribution is 5.63. The largest absolute Gasteiger partial charge is 0.382 e. The maximum Gasteiger partial charge on any atom is 0.144 e. The Morgan fingerprint density at radius 2 is 2.06 bits per heavy atom. The molecule has 0 bridgehead atoms. The number of hydrazine groups is 1. The van der Waals surface area contributed by atoms with Crippen molar-refractivity contribution in [2.45, 2.75) is 31.8 Å². The summed E-state index contributed by atoms with van der Waals surface area (Å²) < 4.78 is 5.36. The average Bonchev–Trinajstić information content (AvgIpc) is 2.30. The molecule has 4 N–H and O–H groups in total. The minimum Gasteiger partial charge on any atom is -0.382 e. The molecule has 0 aromatic heterocycles. The van der Waals surface area contributed by atoms with Gasteiger partial charge in [-0.1, -0.05) is 0 Å². The summed E-state index contributed by atoms with van der Waals surface area (Å²) in [7, 11) is 1.78. The van der Waals surface area contributed by atoms with Crippen LogP contribution < -0.4 is 11.6 Å². The summed E-state index contributed by atoms with van der Waals surface area (Å²) in [6.45, 7) is 0.653. The van der Waals surface area contributed by atoms with Crippen LogP contribution in [0.25, 0.3) is 0 Å². The van der Waals surface area contributed by atoms with Crippen LogP contribution in [0.4, 0.5) is 0 Å². The van der Waals surface area contributed by atoms with Crippen LogP contribution in [0, 0.1) is 5.92 Å². The summed E-state index contributed by atoms with van der Waals surface area (Å²) in [4.78, 5) is 4.16. The molecular weight excluding hydrogens is 204 g/mol. The monoisotopic (exact) mass is 224 g/mol. The Hall–Kier alpha value is -1.07. The van der Waals surface area contributed by atoms with Crippen molar-refractivity contribution in [1.29, 1.82) is 0 Å². The highest BCUT2D eigenvalue weighted by atomic mass is 16.5. The van der Waals surface area contributed by atoms with Crippen LogP contribution in [0.2, 0.25) is 0 Å². The third kappa shape index (κ3) is 2.20. The van der Waals surface area contributed by atoms with E-state index in [2.05, 4.69) is 4.99 Å². The molecule has 0 radical (unpaired) electrons. The van der Waals surface area contributed by atoms with Gasteiger partial charge < -0.3 is 15.5 Å². The van der Waals surface area contributed by atoms with E-state index in [1.54, 1.807) is 18.3 Å². The Bertz CT molecular complexity index is 305. The zero-order chi connectivity index (χ0) is 11.5. The summed E-state index contributed by atoms with van der Waals surface area (Å²) in [6.07, 6.45) is 6.47. The highest BCUT2D eigenvalue weighted by Crippen LogP contribution is 2.33. The second-order valence-corrected chi connectivity index (χ2v) is 4.44. The lowest BCUT2D eigenvalue weighted by molar-refractivity contribution is 0.0574. The van der Waals surface area contributed by atoms with Gasteiger partial charge in [-0.25, -0.2) is 10.8 Å². The van der Waals surface area contributed by atoms with Gasteiger partial charge in [-0.3, -0.25) is 0 Å². The molecule has 1 saturated carbocycles. The van der Waals surface area contributed by atoms with Gasteiger partial charge in [0.15, 0.2) is 0 Å². The number of nitrogens with zero attached hydrogens (tertiary/aromatic N) is 2. The topological polar surface area (TPSA) is 76.9 Å². The van der Waals surface area contributed by atoms with E-state index in [1.807, 2.05) is 0 Å². The first kappa shape index (κ1) is 11.4. The molecule has 0 aromatic rings. The molecule has 2 aliphatic rings. The fourth-order valence-corrected chi connectivity index (χ4v) is 2.55. The summed E-state index contributed by atoms with van der Waals surface area (Å²) in [6, 6.07) is 0. The minimum atomic E-state index is 0.399. The third-order valence-corrected chi connectivity index (χ3v) is 3.47. The van der Waals surface area contributed by atoms with Gasteiger partial charge in [-0.2, -0.15) is 0 Å². The van der Waals surface area contributed by atoms with Crippen molar-refractivity contribution in [2.24, 2.45) is 22.5 Å². The van der Waals surface area contributed by atoms with E-state index in [-0.39, 0.29) is 0 Å². The SMILES string of the molecule is CO[C@H]1CC[C@H](C2=C(N)N=CCN2N)CC1. The van der Waals surface area contributed by atoms with Crippen LogP contribution in [-0.2, 0) is 4.74 Å². The first-order valence-electron chi connectivity index (χ1n) is 5.79. The molecule has 0 unspecified atom stereocenters. The third-order valence-electron chi connectivity index (χ3n) is 3.47. The Morgan fingerprint density at radius 3 is 2.62 bits per heavy atom. The number of aliphatic imine (C=N–C) groups is 1. The molecule has 1 aliphatic carbocycles. The molecule has 5 heteroatoms. The summed E-state index contributed by atoms with van der Waals surface area (Å²) in [5.74, 6) is 6.96. The lowest BCUT2D eigenvalue weighted by Crippen LogP contribution is -2.40. The molecule has 5 nitrogen and oxygen atoms in total. The van der Waals surface area contributed by atoms with E-state index < -0.39 is 0 Å². The second-order valence-electron chi connectivity index (χ2n) is 4.44. The van der Waals surface area contributed by atoms with Crippen LogP contribution in [-0.4, -0.2) is 31.0 Å². The number of hydrogen-bond acceptors (Lipinski definition) is 5. The summed E-state index contributed by atoms with van der Waals surface area (Å²) >= 11 is 0. The van der Waals surface area contributed by atoms with Gasteiger partial charge in [0.2, 0.25) is 0 Å². The molecule has 1 aliphatic heterocycles. The predicted octanol–water partition coefficient (Wildman–Crippen LogP) is 0.579. The smallest absolute Gasteiger partial charge is 0.144 e. The van der Waals surface area contributed by atoms with E-state index in [4.69, 9.17) is 16.3 Å². The van der Waals surface area contributed by atoms with Crippen molar-refractivity contribution < 1.29 is 4.74 Å². The maximum absolute atomic E-state index is 5.94. The van der Waals surface area contributed by atoms with Crippen molar-refractivity contribution >= 4 is 6.21 Å². The van der Waals surface area contributed by atoms with Gasteiger partial charge >= 0.3 is 0 Å². The Labute approximate surface area is 96.1 Å². The molecule has 0 aromatic carbocycles. The maximum atomic E-state index is 5.94. The molecule has 1 heterocycles. The molecular formula is C11H20N4O. The molecule has 0 spiro atoms. The molecule has 2 rings (SSSR count). The quantitative estimate of drug-likeness (QED) is 0.673. The molecule has 90 valence electrons. The van der Waals surface area contributed by atoms with Crippen molar-refractivity contribution in [2.75, 3.05) is 13.7 Å². The van der Waals surface area contributed by atoms with Crippen molar-refractivity contribution in [3.05, 3.63) is 11.5 Å². The fraction of sp³-hybridized carbons (Fsp3) is 0.727. The number of nitrogens with two attached hydrogens (primary N) is 2. The van der Waals surface area contributed by atoms with Crippen molar-refractivity contribution in [1.82, 2.24) is 5.01 Å². The molecule has 1 fully saturated rings. The van der Waals surface area contributed by atoms with E-state index in [1.165, 1.54) is 0 Å². The van der Waals surface area contributed by atoms with Gasteiger partial charge in [-0.05, 0) is 25.7 Å². The van der Waals surface area contributed by atoms with Crippen LogP contribution >= 0.6 is 0 Å². The van der Waals surface area contributed by atoms with E-state index in [0.717, 1.165) is 31.4 Å². The molecule has 0 atom stereocenters. The van der Waals surface area contributed by atoms with Crippen LogP contribution in [0.15, 0.2) is 16.5 Å². The van der Waals surface area contributed by atoms with Crippen molar-refractivity contribution in [3.8, 4) is 0 Å². The Kier molecular flexibility index (Phi) is 3.46. The number of hydrogen-bond donors (Lipinski definition) is 2. The summed E-state index contributed by atoms with van der Waals surface area (Å²) in [5, 5.41) is 1.72. The molecule has 16 heavy (non-hydrogen) atoms. The number of methoxy groups -OCH3 is 1. The lowest BCUT2D eigenvalue weighted by atomic mass is 9.84. The zero-order valence-electron chi connectivity index (χ0n) is 9.72. The number of ether oxygens (including phenoxy) is 1. The van der Waals surface area contributed by atoms with Gasteiger partial charge in [0, 0.05) is 19.2 Å². The molecule has 0 amide bonds. The van der Waals surface area contributed by atoms with E-state index in [0.29, 0.717) is 24.4 Å². The predicted molar refractivity (Wildman–Crippen MR) is 63.4 cm³/mol. The molecule has 0 saturated heterocycles. The lowest BCUT2D eigenvalue weighted by Gasteiger charge is -2.34. The number of rotatable bonds is 2. The van der Waals surface area contributed by atoms with E-state index >= 15 is 0 Å². The highest BCUT2D eigenvalue weighted by Gasteiger charge is 2.28. The van der Waals surface area contributed by atoms with Gasteiger partial charge in [0.1, 0.15) is 5.82 Å². The summed E-state index contributed by atoms with van der Waals surface area (Å²) in [5.41, 5.74) is 6.91. The number of allylic oxidation sites excluding steroid dienone is 1. The average molecular weight is 224 g/mol. The van der Waals surface area contributed by atoms with Crippen LogP contribution in [0.5, 0.6) is 0 Å². The standard InChI is InChI=1S/C11H20N4O/c1-16-9-4-2-8(3-5-9)10-11(12)14-6-7-15(10)13/h6,8-9H,2-5,7,12-13H2,1H3/t8-,9-. The Balaban J connectivity index is 2.05. The van der Waals surface area contributed by atoms with Gasteiger partial charge in [0.25, 0.3) is 0 Å². The second kappa shape index (κ2) is 4.84. The van der Waals surface area contributed by atoms with E-state index in [9.17, 15) is 0 Å². The minimum absolute atomic E-state index is 0.399. The van der Waals surface area contributed by atoms with Crippen molar-refractivity contribution in [3.63, 3.8) is 0 Å².